The van der Waals surface area contributed by atoms with Crippen molar-refractivity contribution in [2.24, 2.45) is 0 Å². The fourth-order valence-electron chi connectivity index (χ4n) is 3.17. The Morgan fingerprint density at radius 2 is 1.73 bits per heavy atom. The monoisotopic (exact) mass is 421 g/mol. The van der Waals surface area contributed by atoms with Crippen LogP contribution in [0.25, 0.3) is 11.0 Å². The molecule has 0 bridgehead atoms. The summed E-state index contributed by atoms with van der Waals surface area (Å²) in [7, 11) is 0. The molecule has 0 saturated carbocycles. The maximum Gasteiger partial charge on any atom is 0.265 e. The SMILES string of the molecule is O=C(NCc1ccc(Cl)cc1)c1cc2cccnc2n(Cc2ccc(F)cc2)c1=O. The van der Waals surface area contributed by atoms with Gasteiger partial charge in [0.15, 0.2) is 0 Å². The van der Waals surface area contributed by atoms with Crippen molar-refractivity contribution in [3.05, 3.63) is 111 Å². The number of hydrogen-bond donors (Lipinski definition) is 1. The van der Waals surface area contributed by atoms with Crippen LogP contribution in [-0.4, -0.2) is 15.5 Å². The van der Waals surface area contributed by atoms with Gasteiger partial charge in [0, 0.05) is 23.2 Å². The highest BCUT2D eigenvalue weighted by Crippen LogP contribution is 2.14. The van der Waals surface area contributed by atoms with Gasteiger partial charge in [-0.1, -0.05) is 35.9 Å². The van der Waals surface area contributed by atoms with Crippen molar-refractivity contribution < 1.29 is 9.18 Å². The highest BCUT2D eigenvalue weighted by Gasteiger charge is 2.16. The van der Waals surface area contributed by atoms with E-state index in [0.717, 1.165) is 11.1 Å². The average molecular weight is 422 g/mol. The summed E-state index contributed by atoms with van der Waals surface area (Å²) < 4.78 is 14.7. The number of carbonyl (C=O) groups is 1. The number of benzene rings is 2. The molecule has 2 heterocycles. The van der Waals surface area contributed by atoms with E-state index in [1.807, 2.05) is 0 Å². The molecular formula is C23H17ClFN3O2. The molecule has 0 atom stereocenters. The summed E-state index contributed by atoms with van der Waals surface area (Å²) in [5.74, 6) is -0.835. The molecule has 1 N–H and O–H groups in total. The summed E-state index contributed by atoms with van der Waals surface area (Å²) in [5, 5.41) is 4.04. The van der Waals surface area contributed by atoms with E-state index in [4.69, 9.17) is 11.6 Å². The molecule has 0 aliphatic carbocycles. The number of nitrogens with one attached hydrogen (secondary N) is 1. The summed E-state index contributed by atoms with van der Waals surface area (Å²) in [6, 6.07) is 18.0. The van der Waals surface area contributed by atoms with E-state index < -0.39 is 11.5 Å². The van der Waals surface area contributed by atoms with Crippen LogP contribution in [0.3, 0.4) is 0 Å². The number of halogens is 2. The molecule has 150 valence electrons. The second-order valence-electron chi connectivity index (χ2n) is 6.80. The van der Waals surface area contributed by atoms with Gasteiger partial charge in [-0.3, -0.25) is 14.2 Å². The van der Waals surface area contributed by atoms with E-state index >= 15 is 0 Å². The number of nitrogens with zero attached hydrogens (tertiary/aromatic N) is 2. The molecule has 0 spiro atoms. The minimum atomic E-state index is -0.478. The fourth-order valence-corrected chi connectivity index (χ4v) is 3.29. The first-order valence-electron chi connectivity index (χ1n) is 9.27. The van der Waals surface area contributed by atoms with Gasteiger partial charge in [-0.05, 0) is 53.6 Å². The van der Waals surface area contributed by atoms with Crippen LogP contribution >= 0.6 is 11.6 Å². The Balaban J connectivity index is 1.68. The molecule has 0 aliphatic rings. The Bertz CT molecular complexity index is 1270. The Morgan fingerprint density at radius 1 is 1.03 bits per heavy atom. The van der Waals surface area contributed by atoms with Gasteiger partial charge < -0.3 is 5.32 Å². The quantitative estimate of drug-likeness (QED) is 0.526. The molecule has 0 radical (unpaired) electrons. The lowest BCUT2D eigenvalue weighted by Gasteiger charge is -2.12. The smallest absolute Gasteiger partial charge is 0.265 e. The van der Waals surface area contributed by atoms with E-state index in [2.05, 4.69) is 10.3 Å². The van der Waals surface area contributed by atoms with Crippen molar-refractivity contribution in [2.75, 3.05) is 0 Å². The first kappa shape index (κ1) is 19.8. The molecule has 2 aromatic carbocycles. The largest absolute Gasteiger partial charge is 0.348 e. The minimum Gasteiger partial charge on any atom is -0.348 e. The minimum absolute atomic E-state index is 0.0200. The lowest BCUT2D eigenvalue weighted by molar-refractivity contribution is 0.0949. The van der Waals surface area contributed by atoms with Crippen molar-refractivity contribution in [2.45, 2.75) is 13.1 Å². The van der Waals surface area contributed by atoms with Gasteiger partial charge in [0.05, 0.1) is 6.54 Å². The molecule has 2 aromatic heterocycles. The normalized spacial score (nSPS) is 10.9. The van der Waals surface area contributed by atoms with Gasteiger partial charge >= 0.3 is 0 Å². The molecule has 1 amide bonds. The summed E-state index contributed by atoms with van der Waals surface area (Å²) in [6.45, 7) is 0.434. The third-order valence-electron chi connectivity index (χ3n) is 4.71. The lowest BCUT2D eigenvalue weighted by atomic mass is 10.1. The topological polar surface area (TPSA) is 64.0 Å². The highest BCUT2D eigenvalue weighted by atomic mass is 35.5. The van der Waals surface area contributed by atoms with Crippen LogP contribution in [0.15, 0.2) is 77.7 Å². The summed E-state index contributed by atoms with van der Waals surface area (Å²) in [4.78, 5) is 30.2. The molecule has 0 aliphatic heterocycles. The van der Waals surface area contributed by atoms with Gasteiger partial charge in [0.2, 0.25) is 0 Å². The maximum atomic E-state index is 13.2. The number of amides is 1. The van der Waals surface area contributed by atoms with Crippen molar-refractivity contribution in [3.8, 4) is 0 Å². The van der Waals surface area contributed by atoms with E-state index in [9.17, 15) is 14.0 Å². The van der Waals surface area contributed by atoms with Crippen LogP contribution in [0.2, 0.25) is 5.02 Å². The van der Waals surface area contributed by atoms with Crippen molar-refractivity contribution in [1.82, 2.24) is 14.9 Å². The Morgan fingerprint density at radius 3 is 2.47 bits per heavy atom. The summed E-state index contributed by atoms with van der Waals surface area (Å²) >= 11 is 5.88. The first-order chi connectivity index (χ1) is 14.5. The third kappa shape index (κ3) is 4.23. The average Bonchev–Trinajstić information content (AvgIpc) is 2.76. The van der Waals surface area contributed by atoms with Crippen LogP contribution in [0, 0.1) is 5.82 Å². The maximum absolute atomic E-state index is 13.2. The number of fused-ring (bicyclic) bond motifs is 1. The van der Waals surface area contributed by atoms with E-state index in [0.29, 0.717) is 16.1 Å². The van der Waals surface area contributed by atoms with Crippen molar-refractivity contribution >= 4 is 28.5 Å². The number of rotatable bonds is 5. The van der Waals surface area contributed by atoms with Crippen LogP contribution in [0.5, 0.6) is 0 Å². The van der Waals surface area contributed by atoms with Gasteiger partial charge in [-0.15, -0.1) is 0 Å². The van der Waals surface area contributed by atoms with Crippen LogP contribution in [0.4, 0.5) is 4.39 Å². The van der Waals surface area contributed by atoms with Crippen LogP contribution < -0.4 is 10.9 Å². The fraction of sp³-hybridized carbons (Fsp3) is 0.0870. The number of hydrogen-bond acceptors (Lipinski definition) is 3. The Kier molecular flexibility index (Phi) is 5.59. The van der Waals surface area contributed by atoms with Gasteiger partial charge in [-0.25, -0.2) is 9.37 Å². The van der Waals surface area contributed by atoms with Crippen LogP contribution in [-0.2, 0) is 13.1 Å². The molecule has 0 saturated heterocycles. The molecule has 0 unspecified atom stereocenters. The first-order valence-corrected chi connectivity index (χ1v) is 9.65. The van der Waals surface area contributed by atoms with Gasteiger partial charge in [0.25, 0.3) is 11.5 Å². The Labute approximate surface area is 176 Å². The highest BCUT2D eigenvalue weighted by molar-refractivity contribution is 6.30. The van der Waals surface area contributed by atoms with Crippen LogP contribution in [0.1, 0.15) is 21.5 Å². The second-order valence-corrected chi connectivity index (χ2v) is 7.24. The van der Waals surface area contributed by atoms with Crippen molar-refractivity contribution in [1.29, 1.82) is 0 Å². The molecule has 4 aromatic rings. The van der Waals surface area contributed by atoms with Gasteiger partial charge in [0.1, 0.15) is 17.0 Å². The molecular weight excluding hydrogens is 405 g/mol. The second kappa shape index (κ2) is 8.47. The standard InChI is InChI=1S/C23H17ClFN3O2/c24-18-7-3-15(4-8-18)13-27-22(29)20-12-17-2-1-11-26-21(17)28(23(20)30)14-16-5-9-19(25)10-6-16/h1-12H,13-14H2,(H,27,29). The Hall–Kier alpha value is -3.51. The molecule has 5 nitrogen and oxygen atoms in total. The van der Waals surface area contributed by atoms with Gasteiger partial charge in [-0.2, -0.15) is 0 Å². The molecule has 0 fully saturated rings. The predicted octanol–water partition coefficient (Wildman–Crippen LogP) is 4.17. The van der Waals surface area contributed by atoms with E-state index in [-0.39, 0.29) is 24.5 Å². The summed E-state index contributed by atoms with van der Waals surface area (Å²) in [5.41, 5.74) is 1.61. The predicted molar refractivity (Wildman–Crippen MR) is 114 cm³/mol. The number of pyridine rings is 2. The number of aromatic nitrogens is 2. The van der Waals surface area contributed by atoms with E-state index in [1.54, 1.807) is 60.8 Å². The zero-order chi connectivity index (χ0) is 21.1. The zero-order valence-corrected chi connectivity index (χ0v) is 16.6. The molecule has 30 heavy (non-hydrogen) atoms. The molecule has 7 heteroatoms. The molecule has 4 rings (SSSR count). The lowest BCUT2D eigenvalue weighted by Crippen LogP contribution is -2.33. The third-order valence-corrected chi connectivity index (χ3v) is 4.96. The van der Waals surface area contributed by atoms with Crippen molar-refractivity contribution in [3.63, 3.8) is 0 Å². The summed E-state index contributed by atoms with van der Waals surface area (Å²) in [6.07, 6.45) is 1.59. The number of carbonyl (C=O) groups excluding carboxylic acids is 1. The zero-order valence-electron chi connectivity index (χ0n) is 15.8. The van der Waals surface area contributed by atoms with E-state index in [1.165, 1.54) is 16.7 Å².